The minimum atomic E-state index is -0.904. The summed E-state index contributed by atoms with van der Waals surface area (Å²) in [7, 11) is 0. The fraction of sp³-hybridized carbons (Fsp3) is 0.250. The van der Waals surface area contributed by atoms with E-state index < -0.39 is 5.97 Å². The van der Waals surface area contributed by atoms with Crippen molar-refractivity contribution in [2.75, 3.05) is 11.5 Å². The second-order valence-electron chi connectivity index (χ2n) is 1.69. The average molecular weight is 174 g/mol. The summed E-state index contributed by atoms with van der Waals surface area (Å²) in [5, 5.41) is 14.6. The van der Waals surface area contributed by atoms with Crippen molar-refractivity contribution < 1.29 is 9.90 Å². The van der Waals surface area contributed by atoms with Gasteiger partial charge < -0.3 is 10.8 Å². The van der Waals surface area contributed by atoms with Crippen molar-refractivity contribution in [3.63, 3.8) is 0 Å². The van der Waals surface area contributed by atoms with Crippen molar-refractivity contribution in [2.24, 2.45) is 0 Å². The van der Waals surface area contributed by atoms with Crippen LogP contribution in [0.4, 0.5) is 5.95 Å². The van der Waals surface area contributed by atoms with Crippen LogP contribution in [-0.2, 0) is 4.79 Å². The van der Waals surface area contributed by atoms with Gasteiger partial charge in [0.05, 0.1) is 5.75 Å². The number of nitrogen functional groups attached to an aromatic ring is 1. The number of aromatic nitrogens is 3. The lowest BCUT2D eigenvalue weighted by molar-refractivity contribution is -0.133. The first kappa shape index (κ1) is 7.86. The lowest BCUT2D eigenvalue weighted by Gasteiger charge is -1.87. The van der Waals surface area contributed by atoms with Crippen LogP contribution in [0, 0.1) is 0 Å². The molecule has 6 nitrogen and oxygen atoms in total. The van der Waals surface area contributed by atoms with Gasteiger partial charge in [-0.1, -0.05) is 11.8 Å². The van der Waals surface area contributed by atoms with E-state index in [9.17, 15) is 4.79 Å². The summed E-state index contributed by atoms with van der Waals surface area (Å²) in [4.78, 5) is 13.8. The van der Waals surface area contributed by atoms with Gasteiger partial charge in [0.1, 0.15) is 0 Å². The summed E-state index contributed by atoms with van der Waals surface area (Å²) in [6.45, 7) is 0. The molecule has 4 N–H and O–H groups in total. The third kappa shape index (κ3) is 2.46. The summed E-state index contributed by atoms with van der Waals surface area (Å²) in [5.41, 5.74) is 5.20. The van der Waals surface area contributed by atoms with Crippen molar-refractivity contribution in [2.45, 2.75) is 5.16 Å². The normalized spacial score (nSPS) is 9.82. The maximum absolute atomic E-state index is 10.1. The smallest absolute Gasteiger partial charge is 0.313 e. The Balaban J connectivity index is 2.45. The number of hydrogen-bond acceptors (Lipinski definition) is 5. The number of thioether (sulfide) groups is 1. The molecule has 0 aromatic carbocycles. The zero-order valence-electron chi connectivity index (χ0n) is 5.44. The van der Waals surface area contributed by atoms with Crippen LogP contribution < -0.4 is 5.73 Å². The van der Waals surface area contributed by atoms with Gasteiger partial charge in [-0.15, -0.1) is 5.10 Å². The molecule has 1 rings (SSSR count). The molecule has 11 heavy (non-hydrogen) atoms. The number of nitrogens with one attached hydrogen (secondary N) is 1. The highest BCUT2D eigenvalue weighted by Gasteiger charge is 2.03. The van der Waals surface area contributed by atoms with E-state index in [1.165, 1.54) is 0 Å². The second-order valence-corrected chi connectivity index (χ2v) is 2.63. The van der Waals surface area contributed by atoms with E-state index >= 15 is 0 Å². The molecule has 0 bridgehead atoms. The fourth-order valence-electron chi connectivity index (χ4n) is 0.449. The lowest BCUT2D eigenvalue weighted by Crippen LogP contribution is -1.97. The van der Waals surface area contributed by atoms with Crippen molar-refractivity contribution in [3.8, 4) is 0 Å². The number of nitrogens with two attached hydrogens (primary N) is 1. The van der Waals surface area contributed by atoms with Crippen LogP contribution in [-0.4, -0.2) is 32.0 Å². The highest BCUT2D eigenvalue weighted by atomic mass is 32.2. The van der Waals surface area contributed by atoms with E-state index in [1.807, 2.05) is 0 Å². The van der Waals surface area contributed by atoms with Crippen LogP contribution in [0.5, 0.6) is 0 Å². The molecular formula is C4H6N4O2S. The van der Waals surface area contributed by atoms with Crippen LogP contribution in [0.2, 0.25) is 0 Å². The number of aromatic amines is 1. The van der Waals surface area contributed by atoms with Gasteiger partial charge in [-0.25, -0.2) is 5.10 Å². The van der Waals surface area contributed by atoms with Crippen LogP contribution >= 0.6 is 11.8 Å². The summed E-state index contributed by atoms with van der Waals surface area (Å²) >= 11 is 1.02. The Hall–Kier alpha value is -1.24. The Morgan fingerprint density at radius 1 is 1.82 bits per heavy atom. The zero-order valence-corrected chi connectivity index (χ0v) is 6.26. The molecule has 0 radical (unpaired) electrons. The Bertz CT molecular complexity index is 260. The number of H-pyrrole nitrogens is 1. The van der Waals surface area contributed by atoms with Crippen LogP contribution in [0.1, 0.15) is 0 Å². The van der Waals surface area contributed by atoms with E-state index in [1.54, 1.807) is 0 Å². The van der Waals surface area contributed by atoms with Crippen molar-refractivity contribution >= 4 is 23.7 Å². The van der Waals surface area contributed by atoms with E-state index in [-0.39, 0.29) is 11.7 Å². The molecule has 0 fully saturated rings. The third-order valence-electron chi connectivity index (χ3n) is 0.807. The zero-order chi connectivity index (χ0) is 8.27. The minimum absolute atomic E-state index is 0.0582. The molecule has 1 heterocycles. The Morgan fingerprint density at radius 3 is 3.00 bits per heavy atom. The second kappa shape index (κ2) is 3.24. The molecule has 1 aromatic heterocycles. The Labute approximate surface area is 66.2 Å². The number of carboxylic acids is 1. The predicted octanol–water partition coefficient (Wildman–Crippen LogP) is -0.436. The molecule has 0 aliphatic heterocycles. The lowest BCUT2D eigenvalue weighted by atomic mass is 10.8. The molecule has 0 spiro atoms. The number of carbonyl (C=O) groups is 1. The number of anilines is 1. The standard InChI is InChI=1S/C4H6N4O2S/c5-3-6-4(8-7-3)11-1-2(9)10/h1H2,(H,9,10)(H3,5,6,7,8). The SMILES string of the molecule is Nc1nc(SCC(=O)O)n[nH]1. The molecule has 0 saturated carbocycles. The first-order valence-electron chi connectivity index (χ1n) is 2.71. The monoisotopic (exact) mass is 174 g/mol. The first-order chi connectivity index (χ1) is 5.18. The molecule has 0 saturated heterocycles. The molecule has 0 amide bonds. The quantitative estimate of drug-likeness (QED) is 0.537. The first-order valence-corrected chi connectivity index (χ1v) is 3.69. The fourth-order valence-corrected chi connectivity index (χ4v) is 0.975. The van der Waals surface area contributed by atoms with Crippen LogP contribution in [0.15, 0.2) is 5.16 Å². The number of rotatable bonds is 3. The van der Waals surface area contributed by atoms with Crippen molar-refractivity contribution in [1.82, 2.24) is 15.2 Å². The molecule has 60 valence electrons. The molecule has 0 unspecified atom stereocenters. The molecule has 0 aliphatic rings. The van der Waals surface area contributed by atoms with Crippen LogP contribution in [0.25, 0.3) is 0 Å². The molecular weight excluding hydrogens is 168 g/mol. The van der Waals surface area contributed by atoms with E-state index in [0.29, 0.717) is 5.16 Å². The Morgan fingerprint density at radius 2 is 2.55 bits per heavy atom. The van der Waals surface area contributed by atoms with Gasteiger partial charge in [0.25, 0.3) is 0 Å². The highest BCUT2D eigenvalue weighted by molar-refractivity contribution is 7.99. The minimum Gasteiger partial charge on any atom is -0.481 e. The summed E-state index contributed by atoms with van der Waals surface area (Å²) in [6.07, 6.45) is 0. The third-order valence-corrected chi connectivity index (χ3v) is 1.64. The number of nitrogens with zero attached hydrogens (tertiary/aromatic N) is 2. The summed E-state index contributed by atoms with van der Waals surface area (Å²) in [6, 6.07) is 0. The molecule has 7 heteroatoms. The van der Waals surface area contributed by atoms with Gasteiger partial charge in [0.15, 0.2) is 0 Å². The van der Waals surface area contributed by atoms with Crippen LogP contribution in [0.3, 0.4) is 0 Å². The van der Waals surface area contributed by atoms with Gasteiger partial charge in [-0.3, -0.25) is 4.79 Å². The van der Waals surface area contributed by atoms with Crippen molar-refractivity contribution in [3.05, 3.63) is 0 Å². The molecule has 0 atom stereocenters. The highest BCUT2D eigenvalue weighted by Crippen LogP contribution is 2.11. The molecule has 0 aliphatic carbocycles. The van der Waals surface area contributed by atoms with Gasteiger partial charge in [-0.2, -0.15) is 4.98 Å². The topological polar surface area (TPSA) is 105 Å². The number of hydrogen-bond donors (Lipinski definition) is 3. The number of carboxylic acid groups (broad SMARTS) is 1. The maximum Gasteiger partial charge on any atom is 0.313 e. The van der Waals surface area contributed by atoms with Gasteiger partial charge in [0.2, 0.25) is 11.1 Å². The van der Waals surface area contributed by atoms with Gasteiger partial charge in [0, 0.05) is 0 Å². The van der Waals surface area contributed by atoms with E-state index in [4.69, 9.17) is 10.8 Å². The largest absolute Gasteiger partial charge is 0.481 e. The maximum atomic E-state index is 10.1. The van der Waals surface area contributed by atoms with E-state index in [2.05, 4.69) is 15.2 Å². The van der Waals surface area contributed by atoms with Gasteiger partial charge in [-0.05, 0) is 0 Å². The predicted molar refractivity (Wildman–Crippen MR) is 39.2 cm³/mol. The average Bonchev–Trinajstić information content (AvgIpc) is 2.31. The molecule has 1 aromatic rings. The van der Waals surface area contributed by atoms with Gasteiger partial charge >= 0.3 is 5.97 Å². The summed E-state index contributed by atoms with van der Waals surface area (Å²) < 4.78 is 0. The Kier molecular flexibility index (Phi) is 2.32. The van der Waals surface area contributed by atoms with Crippen molar-refractivity contribution in [1.29, 1.82) is 0 Å². The number of aliphatic carboxylic acids is 1. The summed E-state index contributed by atoms with van der Waals surface area (Å²) in [5.74, 6) is -0.770. The van der Waals surface area contributed by atoms with E-state index in [0.717, 1.165) is 11.8 Å².